The van der Waals surface area contributed by atoms with Crippen LogP contribution in [0.3, 0.4) is 0 Å². The number of aromatic nitrogens is 2. The van der Waals surface area contributed by atoms with Crippen molar-refractivity contribution >= 4 is 17.7 Å². The minimum atomic E-state index is 0.0658. The second-order valence-corrected chi connectivity index (χ2v) is 6.72. The maximum atomic E-state index is 12.6. The van der Waals surface area contributed by atoms with Gasteiger partial charge in [-0.25, -0.2) is 9.97 Å². The maximum absolute atomic E-state index is 12.6. The van der Waals surface area contributed by atoms with E-state index in [9.17, 15) is 4.79 Å². The Morgan fingerprint density at radius 2 is 1.75 bits per heavy atom. The van der Waals surface area contributed by atoms with Gasteiger partial charge in [-0.15, -0.1) is 0 Å². The van der Waals surface area contributed by atoms with Gasteiger partial charge in [-0.1, -0.05) is 42.1 Å². The van der Waals surface area contributed by atoms with Crippen LogP contribution in [0.5, 0.6) is 0 Å². The molecule has 0 fully saturated rings. The van der Waals surface area contributed by atoms with Gasteiger partial charge in [-0.2, -0.15) is 0 Å². The van der Waals surface area contributed by atoms with Crippen LogP contribution in [0.1, 0.15) is 41.9 Å². The molecule has 0 saturated carbocycles. The highest BCUT2D eigenvalue weighted by Gasteiger charge is 2.18. The Balaban J connectivity index is 2.03. The number of hydrogen-bond acceptors (Lipinski definition) is 4. The lowest BCUT2D eigenvalue weighted by molar-refractivity contribution is -0.131. The summed E-state index contributed by atoms with van der Waals surface area (Å²) in [5.74, 6) is 0.138. The minimum Gasteiger partial charge on any atom is -0.339 e. The highest BCUT2D eigenvalue weighted by atomic mass is 32.2. The van der Waals surface area contributed by atoms with E-state index in [1.165, 1.54) is 11.8 Å². The molecule has 0 bridgehead atoms. The lowest BCUT2D eigenvalue weighted by Gasteiger charge is -2.25. The Hall–Kier alpha value is -1.88. The van der Waals surface area contributed by atoms with Crippen molar-refractivity contribution in [1.29, 1.82) is 0 Å². The molecule has 1 heterocycles. The van der Waals surface area contributed by atoms with E-state index in [-0.39, 0.29) is 11.9 Å². The van der Waals surface area contributed by atoms with Crippen molar-refractivity contribution in [3.8, 4) is 0 Å². The van der Waals surface area contributed by atoms with Crippen molar-refractivity contribution in [2.45, 2.75) is 44.8 Å². The average Bonchev–Trinajstić information content (AvgIpc) is 2.60. The first-order valence-corrected chi connectivity index (χ1v) is 9.35. The van der Waals surface area contributed by atoms with Gasteiger partial charge in [0.15, 0.2) is 5.16 Å². The SMILES string of the molecule is CSc1nc(C)c(CCC(=O)N(C)[C@H](C)c2ccccc2)c(C)n1. The third-order valence-electron chi connectivity index (χ3n) is 4.43. The molecular formula is C19H25N3OS. The summed E-state index contributed by atoms with van der Waals surface area (Å²) in [6, 6.07) is 10.2. The zero-order chi connectivity index (χ0) is 17.7. The summed E-state index contributed by atoms with van der Waals surface area (Å²) >= 11 is 1.54. The molecule has 4 nitrogen and oxygen atoms in total. The molecule has 0 N–H and O–H groups in total. The Morgan fingerprint density at radius 3 is 2.29 bits per heavy atom. The monoisotopic (exact) mass is 343 g/mol. The second-order valence-electron chi connectivity index (χ2n) is 5.95. The van der Waals surface area contributed by atoms with Crippen LogP contribution in [0.15, 0.2) is 35.5 Å². The molecule has 128 valence electrons. The van der Waals surface area contributed by atoms with Crippen LogP contribution in [0.4, 0.5) is 0 Å². The summed E-state index contributed by atoms with van der Waals surface area (Å²) < 4.78 is 0. The molecule has 1 aromatic heterocycles. The smallest absolute Gasteiger partial charge is 0.223 e. The lowest BCUT2D eigenvalue weighted by Crippen LogP contribution is -2.30. The van der Waals surface area contributed by atoms with E-state index in [0.29, 0.717) is 12.8 Å². The number of aryl methyl sites for hydroxylation is 2. The predicted octanol–water partition coefficient (Wildman–Crippen LogP) is 3.97. The van der Waals surface area contributed by atoms with Crippen LogP contribution in [0.25, 0.3) is 0 Å². The topological polar surface area (TPSA) is 46.1 Å². The largest absolute Gasteiger partial charge is 0.339 e. The van der Waals surface area contributed by atoms with E-state index in [2.05, 4.69) is 29.0 Å². The normalized spacial score (nSPS) is 12.0. The predicted molar refractivity (Wildman–Crippen MR) is 99.2 cm³/mol. The van der Waals surface area contributed by atoms with Crippen molar-refractivity contribution in [3.63, 3.8) is 0 Å². The summed E-state index contributed by atoms with van der Waals surface area (Å²) in [7, 11) is 1.87. The molecule has 0 unspecified atom stereocenters. The first kappa shape index (κ1) is 18.5. The molecule has 1 amide bonds. The van der Waals surface area contributed by atoms with Gasteiger partial charge in [-0.3, -0.25) is 4.79 Å². The molecule has 0 saturated heterocycles. The van der Waals surface area contributed by atoms with Crippen molar-refractivity contribution in [2.75, 3.05) is 13.3 Å². The molecule has 1 atom stereocenters. The van der Waals surface area contributed by atoms with E-state index >= 15 is 0 Å². The number of carbonyl (C=O) groups excluding carboxylic acids is 1. The van der Waals surface area contributed by atoms with Crippen LogP contribution in [0.2, 0.25) is 0 Å². The fourth-order valence-electron chi connectivity index (χ4n) is 2.74. The molecule has 2 aromatic rings. The molecule has 0 aliphatic carbocycles. The van der Waals surface area contributed by atoms with Crippen LogP contribution in [0, 0.1) is 13.8 Å². The number of hydrogen-bond donors (Lipinski definition) is 0. The maximum Gasteiger partial charge on any atom is 0.223 e. The van der Waals surface area contributed by atoms with Crippen LogP contribution < -0.4 is 0 Å². The lowest BCUT2D eigenvalue weighted by atomic mass is 10.0. The molecule has 24 heavy (non-hydrogen) atoms. The van der Waals surface area contributed by atoms with Gasteiger partial charge < -0.3 is 4.90 Å². The Morgan fingerprint density at radius 1 is 1.17 bits per heavy atom. The second kappa shape index (κ2) is 8.29. The number of rotatable bonds is 6. The van der Waals surface area contributed by atoms with Gasteiger partial charge in [0.2, 0.25) is 5.91 Å². The van der Waals surface area contributed by atoms with E-state index < -0.39 is 0 Å². The van der Waals surface area contributed by atoms with Crippen molar-refractivity contribution in [3.05, 3.63) is 52.8 Å². The minimum absolute atomic E-state index is 0.0658. The fraction of sp³-hybridized carbons (Fsp3) is 0.421. The first-order chi connectivity index (χ1) is 11.4. The first-order valence-electron chi connectivity index (χ1n) is 8.12. The molecule has 5 heteroatoms. The van der Waals surface area contributed by atoms with E-state index in [1.807, 2.05) is 50.2 Å². The zero-order valence-corrected chi connectivity index (χ0v) is 15.9. The summed E-state index contributed by atoms with van der Waals surface area (Å²) in [6.45, 7) is 6.04. The third kappa shape index (κ3) is 4.35. The summed E-state index contributed by atoms with van der Waals surface area (Å²) in [6.07, 6.45) is 3.12. The van der Waals surface area contributed by atoms with E-state index in [4.69, 9.17) is 0 Å². The standard InChI is InChI=1S/C19H25N3OS/c1-13-17(14(2)21-19(20-13)24-5)11-12-18(23)22(4)15(3)16-9-7-6-8-10-16/h6-10,15H,11-12H2,1-5H3/t15-/m1/s1. The van der Waals surface area contributed by atoms with Crippen molar-refractivity contribution in [1.82, 2.24) is 14.9 Å². The number of nitrogens with zero attached hydrogens (tertiary/aromatic N) is 3. The number of thioether (sulfide) groups is 1. The Kier molecular flexibility index (Phi) is 6.37. The highest BCUT2D eigenvalue weighted by Crippen LogP contribution is 2.21. The molecular weight excluding hydrogens is 318 g/mol. The van der Waals surface area contributed by atoms with Crippen LogP contribution in [-0.4, -0.2) is 34.1 Å². The summed E-state index contributed by atoms with van der Waals surface area (Å²) in [4.78, 5) is 23.3. The van der Waals surface area contributed by atoms with E-state index in [0.717, 1.165) is 27.7 Å². The van der Waals surface area contributed by atoms with Crippen LogP contribution >= 0.6 is 11.8 Å². The summed E-state index contributed by atoms with van der Waals surface area (Å²) in [5.41, 5.74) is 4.17. The fourth-order valence-corrected chi connectivity index (χ4v) is 3.20. The van der Waals surface area contributed by atoms with Crippen molar-refractivity contribution in [2.24, 2.45) is 0 Å². The highest BCUT2D eigenvalue weighted by molar-refractivity contribution is 7.98. The average molecular weight is 343 g/mol. The molecule has 2 rings (SSSR count). The van der Waals surface area contributed by atoms with E-state index in [1.54, 1.807) is 0 Å². The van der Waals surface area contributed by atoms with Gasteiger partial charge in [0.05, 0.1) is 6.04 Å². The Bertz CT molecular complexity index is 680. The van der Waals surface area contributed by atoms with Crippen LogP contribution in [-0.2, 0) is 11.2 Å². The van der Waals surface area contributed by atoms with Gasteiger partial charge in [-0.05, 0) is 44.6 Å². The zero-order valence-electron chi connectivity index (χ0n) is 15.0. The third-order valence-corrected chi connectivity index (χ3v) is 4.98. The number of amides is 1. The number of carbonyl (C=O) groups is 1. The Labute approximate surface area is 148 Å². The van der Waals surface area contributed by atoms with Gasteiger partial charge in [0.1, 0.15) is 0 Å². The van der Waals surface area contributed by atoms with Gasteiger partial charge in [0, 0.05) is 24.9 Å². The van der Waals surface area contributed by atoms with Gasteiger partial charge >= 0.3 is 0 Å². The van der Waals surface area contributed by atoms with Gasteiger partial charge in [0.25, 0.3) is 0 Å². The molecule has 0 radical (unpaired) electrons. The molecule has 0 aliphatic heterocycles. The number of benzene rings is 1. The molecule has 0 spiro atoms. The summed E-state index contributed by atoms with van der Waals surface area (Å²) in [5, 5.41) is 0.787. The molecule has 1 aromatic carbocycles. The molecule has 0 aliphatic rings. The quantitative estimate of drug-likeness (QED) is 0.588. The van der Waals surface area contributed by atoms with Crippen molar-refractivity contribution < 1.29 is 4.79 Å².